The fraction of sp³-hybridized carbons (Fsp3) is 0.235. The first-order valence-electron chi connectivity index (χ1n) is 7.11. The van der Waals surface area contributed by atoms with E-state index >= 15 is 0 Å². The van der Waals surface area contributed by atoms with Crippen LogP contribution in [0.3, 0.4) is 0 Å². The average Bonchev–Trinajstić information content (AvgIpc) is 3.13. The maximum Gasteiger partial charge on any atom is 0.264 e. The highest BCUT2D eigenvalue weighted by atomic mass is 32.1. The Hall–Kier alpha value is -1.72. The van der Waals surface area contributed by atoms with E-state index in [-0.39, 0.29) is 11.7 Å². The summed E-state index contributed by atoms with van der Waals surface area (Å²) in [6, 6.07) is 9.00. The van der Waals surface area contributed by atoms with Crippen LogP contribution in [0.5, 0.6) is 0 Å². The molecule has 5 heteroatoms. The third-order valence-corrected chi connectivity index (χ3v) is 5.80. The van der Waals surface area contributed by atoms with Crippen LogP contribution in [0.15, 0.2) is 35.7 Å². The lowest BCUT2D eigenvalue weighted by atomic mass is 10.1. The summed E-state index contributed by atoms with van der Waals surface area (Å²) < 4.78 is 14.8. The zero-order chi connectivity index (χ0) is 15.7. The Morgan fingerprint density at radius 1 is 1.27 bits per heavy atom. The molecule has 1 aromatic carbocycles. The van der Waals surface area contributed by atoms with Gasteiger partial charge in [0.05, 0.1) is 11.4 Å². The number of fused-ring (bicyclic) bond motifs is 1. The molecule has 0 N–H and O–H groups in total. The Kier molecular flexibility index (Phi) is 4.27. The van der Waals surface area contributed by atoms with Crippen LogP contribution in [0.4, 0.5) is 4.39 Å². The van der Waals surface area contributed by atoms with Gasteiger partial charge in [-0.25, -0.2) is 4.39 Å². The number of hydrogen-bond donors (Lipinski definition) is 0. The van der Waals surface area contributed by atoms with E-state index in [1.54, 1.807) is 22.3 Å². The molecule has 114 valence electrons. The van der Waals surface area contributed by atoms with E-state index < -0.39 is 0 Å². The van der Waals surface area contributed by atoms with Crippen molar-refractivity contribution in [1.82, 2.24) is 4.90 Å². The van der Waals surface area contributed by atoms with Gasteiger partial charge in [-0.2, -0.15) is 0 Å². The first-order valence-corrected chi connectivity index (χ1v) is 8.80. The van der Waals surface area contributed by atoms with E-state index in [1.807, 2.05) is 37.4 Å². The second-order valence-electron chi connectivity index (χ2n) is 5.07. The predicted octanol–water partition coefficient (Wildman–Crippen LogP) is 5.07. The Morgan fingerprint density at radius 3 is 2.73 bits per heavy atom. The van der Waals surface area contributed by atoms with Gasteiger partial charge >= 0.3 is 0 Å². The summed E-state index contributed by atoms with van der Waals surface area (Å²) in [7, 11) is 0. The van der Waals surface area contributed by atoms with Crippen LogP contribution >= 0.6 is 22.7 Å². The Morgan fingerprint density at radius 2 is 2.09 bits per heavy atom. The number of benzene rings is 1. The largest absolute Gasteiger partial charge is 0.333 e. The van der Waals surface area contributed by atoms with Crippen LogP contribution < -0.4 is 0 Å². The van der Waals surface area contributed by atoms with Crippen molar-refractivity contribution in [3.05, 3.63) is 56.8 Å². The van der Waals surface area contributed by atoms with Crippen LogP contribution in [-0.4, -0.2) is 17.4 Å². The molecule has 3 rings (SSSR count). The standard InChI is InChI=1S/C17H16FNOS2/c1-3-19(10-12-6-5-9-21-12)17(20)16-11(2)15-13(18)7-4-8-14(15)22-16/h4-9H,3,10H2,1-2H3. The van der Waals surface area contributed by atoms with Gasteiger partial charge in [-0.1, -0.05) is 12.1 Å². The lowest BCUT2D eigenvalue weighted by molar-refractivity contribution is 0.0758. The SMILES string of the molecule is CCN(Cc1cccs1)C(=O)c1sc2cccc(F)c2c1C. The molecular formula is C17H16FNOS2. The lowest BCUT2D eigenvalue weighted by Gasteiger charge is -2.19. The Labute approximate surface area is 136 Å². The van der Waals surface area contributed by atoms with Crippen molar-refractivity contribution in [3.8, 4) is 0 Å². The molecule has 3 aromatic rings. The number of hydrogen-bond acceptors (Lipinski definition) is 3. The number of rotatable bonds is 4. The molecule has 1 amide bonds. The van der Waals surface area contributed by atoms with Crippen LogP contribution in [0.2, 0.25) is 0 Å². The fourth-order valence-electron chi connectivity index (χ4n) is 2.52. The molecule has 0 saturated carbocycles. The topological polar surface area (TPSA) is 20.3 Å². The molecule has 2 aromatic heterocycles. The van der Waals surface area contributed by atoms with Gasteiger partial charge in [-0.3, -0.25) is 4.79 Å². The molecule has 22 heavy (non-hydrogen) atoms. The predicted molar refractivity (Wildman–Crippen MR) is 91.3 cm³/mol. The van der Waals surface area contributed by atoms with Crippen molar-refractivity contribution in [3.63, 3.8) is 0 Å². The molecule has 0 fully saturated rings. The summed E-state index contributed by atoms with van der Waals surface area (Å²) in [5.74, 6) is -0.277. The third kappa shape index (κ3) is 2.66. The van der Waals surface area contributed by atoms with E-state index in [9.17, 15) is 9.18 Å². The molecule has 0 spiro atoms. The van der Waals surface area contributed by atoms with E-state index in [1.165, 1.54) is 17.4 Å². The van der Waals surface area contributed by atoms with Crippen molar-refractivity contribution in [2.45, 2.75) is 20.4 Å². The van der Waals surface area contributed by atoms with E-state index in [0.29, 0.717) is 23.4 Å². The van der Waals surface area contributed by atoms with Gasteiger partial charge in [0.1, 0.15) is 5.82 Å². The summed E-state index contributed by atoms with van der Waals surface area (Å²) in [6.45, 7) is 5.03. The maximum absolute atomic E-state index is 14.0. The number of halogens is 1. The molecule has 2 heterocycles. The molecule has 0 atom stereocenters. The molecule has 2 nitrogen and oxygen atoms in total. The number of carbonyl (C=O) groups excluding carboxylic acids is 1. The highest BCUT2D eigenvalue weighted by Crippen LogP contribution is 2.33. The van der Waals surface area contributed by atoms with E-state index in [2.05, 4.69) is 0 Å². The van der Waals surface area contributed by atoms with Crippen LogP contribution in [0.25, 0.3) is 10.1 Å². The minimum atomic E-state index is -0.258. The second kappa shape index (κ2) is 6.18. The van der Waals surface area contributed by atoms with Gasteiger partial charge in [0.25, 0.3) is 5.91 Å². The lowest BCUT2D eigenvalue weighted by Crippen LogP contribution is -2.29. The quantitative estimate of drug-likeness (QED) is 0.652. The smallest absolute Gasteiger partial charge is 0.264 e. The average molecular weight is 333 g/mol. The molecule has 0 aliphatic rings. The summed E-state index contributed by atoms with van der Waals surface area (Å²) in [5.41, 5.74) is 0.743. The molecule has 0 aliphatic heterocycles. The maximum atomic E-state index is 14.0. The zero-order valence-corrected chi connectivity index (χ0v) is 14.1. The van der Waals surface area contributed by atoms with Gasteiger partial charge in [0.2, 0.25) is 0 Å². The summed E-state index contributed by atoms with van der Waals surface area (Å²) in [6.07, 6.45) is 0. The first-order chi connectivity index (χ1) is 10.6. The van der Waals surface area contributed by atoms with Gasteiger partial charge in [-0.15, -0.1) is 22.7 Å². The molecular weight excluding hydrogens is 317 g/mol. The number of thiophene rings is 2. The van der Waals surface area contributed by atoms with E-state index in [4.69, 9.17) is 0 Å². The summed E-state index contributed by atoms with van der Waals surface area (Å²) in [4.78, 5) is 16.4. The highest BCUT2D eigenvalue weighted by Gasteiger charge is 2.22. The van der Waals surface area contributed by atoms with E-state index in [0.717, 1.165) is 15.1 Å². The number of amides is 1. The van der Waals surface area contributed by atoms with Crippen LogP contribution in [0.1, 0.15) is 27.0 Å². The Balaban J connectivity index is 1.97. The number of carbonyl (C=O) groups is 1. The second-order valence-corrected chi connectivity index (χ2v) is 7.15. The van der Waals surface area contributed by atoms with Crippen LogP contribution in [-0.2, 0) is 6.54 Å². The first kappa shape index (κ1) is 15.2. The van der Waals surface area contributed by atoms with Crippen LogP contribution in [0, 0.1) is 12.7 Å². The van der Waals surface area contributed by atoms with Crippen molar-refractivity contribution in [2.24, 2.45) is 0 Å². The molecule has 0 unspecified atom stereocenters. The van der Waals surface area contributed by atoms with Gasteiger partial charge in [-0.05, 0) is 43.0 Å². The van der Waals surface area contributed by atoms with Gasteiger partial charge in [0, 0.05) is 21.5 Å². The van der Waals surface area contributed by atoms with Crippen molar-refractivity contribution >= 4 is 38.7 Å². The van der Waals surface area contributed by atoms with Gasteiger partial charge < -0.3 is 4.90 Å². The summed E-state index contributed by atoms with van der Waals surface area (Å²) in [5, 5.41) is 2.58. The van der Waals surface area contributed by atoms with Gasteiger partial charge in [0.15, 0.2) is 0 Å². The zero-order valence-electron chi connectivity index (χ0n) is 12.4. The van der Waals surface area contributed by atoms with Crippen molar-refractivity contribution in [2.75, 3.05) is 6.54 Å². The molecule has 0 bridgehead atoms. The van der Waals surface area contributed by atoms with Crippen molar-refractivity contribution in [1.29, 1.82) is 0 Å². The number of nitrogens with zero attached hydrogens (tertiary/aromatic N) is 1. The highest BCUT2D eigenvalue weighted by molar-refractivity contribution is 7.21. The fourth-order valence-corrected chi connectivity index (χ4v) is 4.43. The molecule has 0 saturated heterocycles. The summed E-state index contributed by atoms with van der Waals surface area (Å²) >= 11 is 3.02. The minimum Gasteiger partial charge on any atom is -0.333 e. The minimum absolute atomic E-state index is 0.0194. The molecule has 0 radical (unpaired) electrons. The van der Waals surface area contributed by atoms with Crippen molar-refractivity contribution < 1.29 is 9.18 Å². The normalized spacial score (nSPS) is 11.0. The monoisotopic (exact) mass is 333 g/mol. The molecule has 0 aliphatic carbocycles. The number of aryl methyl sites for hydroxylation is 1. The third-order valence-electron chi connectivity index (χ3n) is 3.69. The Bertz CT molecular complexity index is 808.